The molecule has 0 spiro atoms. The maximum Gasteiger partial charge on any atom is 0.241 e. The number of nitrogens with zero attached hydrogens (tertiary/aromatic N) is 2. The van der Waals surface area contributed by atoms with Gasteiger partial charge in [-0.25, -0.2) is 4.98 Å². The maximum absolute atomic E-state index is 12.3. The number of aryl methyl sites for hydroxylation is 1. The monoisotopic (exact) mass is 417 g/mol. The minimum atomic E-state index is -0.0882. The van der Waals surface area contributed by atoms with Gasteiger partial charge in [0.25, 0.3) is 0 Å². The number of hydrogen-bond acceptors (Lipinski definition) is 5. The molecule has 0 saturated heterocycles. The fourth-order valence-electron chi connectivity index (χ4n) is 2.70. The van der Waals surface area contributed by atoms with E-state index in [-0.39, 0.29) is 17.7 Å². The molecule has 148 valence electrons. The van der Waals surface area contributed by atoms with Crippen LogP contribution in [0.25, 0.3) is 0 Å². The molecule has 7 nitrogen and oxygen atoms in total. The highest BCUT2D eigenvalue weighted by molar-refractivity contribution is 7.80. The van der Waals surface area contributed by atoms with E-state index in [1.54, 1.807) is 4.90 Å². The van der Waals surface area contributed by atoms with E-state index in [1.807, 2.05) is 29.6 Å². The molecule has 0 radical (unpaired) electrons. The number of benzene rings is 1. The summed E-state index contributed by atoms with van der Waals surface area (Å²) >= 11 is 6.56. The van der Waals surface area contributed by atoms with Crippen molar-refractivity contribution in [3.05, 3.63) is 40.9 Å². The molecule has 2 aromatic rings. The van der Waals surface area contributed by atoms with E-state index in [9.17, 15) is 9.59 Å². The average molecular weight is 418 g/mol. The van der Waals surface area contributed by atoms with Crippen LogP contribution in [-0.2, 0) is 22.6 Å². The van der Waals surface area contributed by atoms with Crippen molar-refractivity contribution in [2.75, 3.05) is 4.90 Å². The van der Waals surface area contributed by atoms with Crippen LogP contribution in [0.2, 0.25) is 0 Å². The van der Waals surface area contributed by atoms with Crippen LogP contribution in [0.5, 0.6) is 0 Å². The predicted molar refractivity (Wildman–Crippen MR) is 114 cm³/mol. The Morgan fingerprint density at radius 1 is 1.29 bits per heavy atom. The van der Waals surface area contributed by atoms with Gasteiger partial charge in [0.15, 0.2) is 10.2 Å². The van der Waals surface area contributed by atoms with Gasteiger partial charge in [0.05, 0.1) is 17.9 Å². The quantitative estimate of drug-likeness (QED) is 0.495. The topological polar surface area (TPSA) is 86.4 Å². The van der Waals surface area contributed by atoms with Gasteiger partial charge >= 0.3 is 0 Å². The fourth-order valence-corrected chi connectivity index (χ4v) is 3.70. The lowest BCUT2D eigenvalue weighted by atomic mass is 10.1. The van der Waals surface area contributed by atoms with Crippen molar-refractivity contribution in [2.24, 2.45) is 5.92 Å². The zero-order chi connectivity index (χ0) is 20.1. The first-order chi connectivity index (χ1) is 13.5. The summed E-state index contributed by atoms with van der Waals surface area (Å²) in [5, 5.41) is 5.83. The third-order valence-electron chi connectivity index (χ3n) is 4.34. The second kappa shape index (κ2) is 9.11. The van der Waals surface area contributed by atoms with Crippen LogP contribution < -0.4 is 21.1 Å². The SMILES string of the molecule is CCc1ccccc1N(C(C)=O)c1nc(CNC(=S)NNC(=O)C2CC2)cs1. The second-order valence-corrected chi connectivity index (χ2v) is 7.77. The first kappa shape index (κ1) is 20.2. The number of aromatic nitrogens is 1. The number of thiocarbonyl (C=S) groups is 1. The number of hydrazine groups is 1. The summed E-state index contributed by atoms with van der Waals surface area (Å²) in [5.74, 6) is -0.0125. The molecule has 3 rings (SSSR count). The smallest absolute Gasteiger partial charge is 0.241 e. The number of anilines is 2. The number of rotatable bonds is 6. The molecule has 0 atom stereocenters. The van der Waals surface area contributed by atoms with E-state index in [0.717, 1.165) is 36.2 Å². The largest absolute Gasteiger partial charge is 0.356 e. The Morgan fingerprint density at radius 2 is 2.04 bits per heavy atom. The van der Waals surface area contributed by atoms with Gasteiger partial charge in [0.2, 0.25) is 11.8 Å². The number of nitrogens with one attached hydrogen (secondary N) is 3. The Kier molecular flexibility index (Phi) is 6.58. The number of para-hydroxylation sites is 1. The molecule has 28 heavy (non-hydrogen) atoms. The summed E-state index contributed by atoms with van der Waals surface area (Å²) in [6, 6.07) is 7.83. The van der Waals surface area contributed by atoms with E-state index in [2.05, 4.69) is 28.1 Å². The highest BCUT2D eigenvalue weighted by atomic mass is 32.1. The van der Waals surface area contributed by atoms with Crippen molar-refractivity contribution in [3.63, 3.8) is 0 Å². The fraction of sp³-hybridized carbons (Fsp3) is 0.368. The average Bonchev–Trinajstić information content (AvgIpc) is 3.44. The van der Waals surface area contributed by atoms with Crippen LogP contribution in [-0.4, -0.2) is 21.9 Å². The molecular weight excluding hydrogens is 394 g/mol. The molecule has 0 unspecified atom stereocenters. The van der Waals surface area contributed by atoms with Crippen LogP contribution in [0, 0.1) is 5.92 Å². The van der Waals surface area contributed by atoms with Gasteiger partial charge in [-0.15, -0.1) is 11.3 Å². The van der Waals surface area contributed by atoms with Crippen LogP contribution in [0.4, 0.5) is 10.8 Å². The summed E-state index contributed by atoms with van der Waals surface area (Å²) in [6.07, 6.45) is 2.69. The molecule has 9 heteroatoms. The van der Waals surface area contributed by atoms with Gasteiger partial charge < -0.3 is 5.32 Å². The van der Waals surface area contributed by atoms with Gasteiger partial charge in [0.1, 0.15) is 0 Å². The standard InChI is InChI=1S/C19H23N5O2S2/c1-3-13-6-4-5-7-16(13)24(12(2)25)19-21-15(11-28-19)10-20-18(27)23-22-17(26)14-8-9-14/h4-7,11,14H,3,8-10H2,1-2H3,(H,22,26)(H2,20,23,27). The summed E-state index contributed by atoms with van der Waals surface area (Å²) < 4.78 is 0. The van der Waals surface area contributed by atoms with E-state index in [0.29, 0.717) is 16.8 Å². The molecule has 1 aromatic carbocycles. The Hall–Kier alpha value is -2.52. The van der Waals surface area contributed by atoms with Crippen LogP contribution in [0.3, 0.4) is 0 Å². The zero-order valence-electron chi connectivity index (χ0n) is 15.8. The number of carbonyl (C=O) groups excluding carboxylic acids is 2. The first-order valence-electron chi connectivity index (χ1n) is 9.16. The predicted octanol–water partition coefficient (Wildman–Crippen LogP) is 2.80. The van der Waals surface area contributed by atoms with Gasteiger partial charge in [-0.2, -0.15) is 0 Å². The molecule has 0 aliphatic heterocycles. The third-order valence-corrected chi connectivity index (χ3v) is 5.46. The summed E-state index contributed by atoms with van der Waals surface area (Å²) in [4.78, 5) is 30.1. The molecule has 1 fully saturated rings. The molecule has 3 N–H and O–H groups in total. The van der Waals surface area contributed by atoms with Crippen molar-refractivity contribution < 1.29 is 9.59 Å². The lowest BCUT2D eigenvalue weighted by molar-refractivity contribution is -0.122. The number of thiazole rings is 1. The summed E-state index contributed by atoms with van der Waals surface area (Å²) in [6.45, 7) is 3.99. The minimum Gasteiger partial charge on any atom is -0.356 e. The second-order valence-electron chi connectivity index (χ2n) is 6.53. The summed E-state index contributed by atoms with van der Waals surface area (Å²) in [7, 11) is 0. The third kappa shape index (κ3) is 5.05. The van der Waals surface area contributed by atoms with Crippen molar-refractivity contribution in [1.82, 2.24) is 21.2 Å². The van der Waals surface area contributed by atoms with Gasteiger partial charge in [-0.05, 0) is 43.1 Å². The van der Waals surface area contributed by atoms with Crippen molar-refractivity contribution in [2.45, 2.75) is 39.7 Å². The molecular formula is C19H23N5O2S2. The highest BCUT2D eigenvalue weighted by Crippen LogP contribution is 2.31. The van der Waals surface area contributed by atoms with Gasteiger partial charge in [-0.1, -0.05) is 25.1 Å². The molecule has 1 aliphatic carbocycles. The normalized spacial score (nSPS) is 12.9. The lowest BCUT2D eigenvalue weighted by Gasteiger charge is -2.21. The molecule has 1 aliphatic rings. The van der Waals surface area contributed by atoms with Gasteiger partial charge in [0, 0.05) is 18.2 Å². The van der Waals surface area contributed by atoms with Crippen molar-refractivity contribution >= 4 is 51.3 Å². The number of carbonyl (C=O) groups is 2. The van der Waals surface area contributed by atoms with E-state index >= 15 is 0 Å². The van der Waals surface area contributed by atoms with Crippen LogP contribution in [0.1, 0.15) is 37.9 Å². The maximum atomic E-state index is 12.3. The van der Waals surface area contributed by atoms with Crippen LogP contribution in [0.15, 0.2) is 29.6 Å². The Balaban J connectivity index is 1.62. The van der Waals surface area contributed by atoms with Crippen molar-refractivity contribution in [1.29, 1.82) is 0 Å². The van der Waals surface area contributed by atoms with E-state index in [4.69, 9.17) is 12.2 Å². The Morgan fingerprint density at radius 3 is 2.71 bits per heavy atom. The zero-order valence-corrected chi connectivity index (χ0v) is 17.5. The Labute approximate surface area is 173 Å². The summed E-state index contributed by atoms with van der Waals surface area (Å²) in [5.41, 5.74) is 7.99. The Bertz CT molecular complexity index is 879. The molecule has 1 aromatic heterocycles. The van der Waals surface area contributed by atoms with E-state index in [1.165, 1.54) is 18.3 Å². The number of amides is 2. The van der Waals surface area contributed by atoms with Gasteiger partial charge in [-0.3, -0.25) is 25.3 Å². The molecule has 0 bridgehead atoms. The molecule has 2 amide bonds. The highest BCUT2D eigenvalue weighted by Gasteiger charge is 2.29. The first-order valence-corrected chi connectivity index (χ1v) is 10.4. The minimum absolute atomic E-state index is 0.0354. The molecule has 1 heterocycles. The van der Waals surface area contributed by atoms with Crippen molar-refractivity contribution in [3.8, 4) is 0 Å². The number of hydrogen-bond donors (Lipinski definition) is 3. The molecule has 1 saturated carbocycles. The van der Waals surface area contributed by atoms with E-state index < -0.39 is 0 Å². The lowest BCUT2D eigenvalue weighted by Crippen LogP contribution is -2.47. The van der Waals surface area contributed by atoms with Crippen LogP contribution >= 0.6 is 23.6 Å².